The van der Waals surface area contributed by atoms with Crippen molar-refractivity contribution in [2.24, 2.45) is 0 Å². The lowest BCUT2D eigenvalue weighted by atomic mass is 9.89. The van der Waals surface area contributed by atoms with Crippen molar-refractivity contribution < 1.29 is 69.8 Å². The predicted molar refractivity (Wildman–Crippen MR) is 134 cm³/mol. The minimum absolute atomic E-state index is 0.204. The summed E-state index contributed by atoms with van der Waals surface area (Å²) >= 11 is 0. The molecule has 4 aromatic rings. The molecule has 0 spiro atoms. The molecule has 1 aromatic heterocycles. The Morgan fingerprint density at radius 3 is 2.02 bits per heavy atom. The molecule has 15 nitrogen and oxygen atoms in total. The Morgan fingerprint density at radius 2 is 1.39 bits per heavy atom. The highest BCUT2D eigenvalue weighted by Crippen LogP contribution is 2.46. The van der Waals surface area contributed by atoms with Crippen molar-refractivity contribution in [2.75, 3.05) is 6.61 Å². The van der Waals surface area contributed by atoms with Crippen LogP contribution in [-0.4, -0.2) is 88.1 Å². The van der Waals surface area contributed by atoms with Gasteiger partial charge in [0.2, 0.25) is 5.43 Å². The number of phenols is 7. The number of benzene rings is 3. The van der Waals surface area contributed by atoms with Gasteiger partial charge in [-0.15, -0.1) is 0 Å². The highest BCUT2D eigenvalue weighted by atomic mass is 16.6. The molecule has 15 heteroatoms. The van der Waals surface area contributed by atoms with Gasteiger partial charge in [-0.3, -0.25) is 4.79 Å². The maximum absolute atomic E-state index is 13.3. The molecule has 5 atom stereocenters. The van der Waals surface area contributed by atoms with Crippen LogP contribution >= 0.6 is 0 Å². The van der Waals surface area contributed by atoms with Gasteiger partial charge >= 0.3 is 5.97 Å². The van der Waals surface area contributed by atoms with E-state index in [2.05, 4.69) is 0 Å². The van der Waals surface area contributed by atoms with Crippen LogP contribution in [0.25, 0.3) is 21.9 Å². The Bertz CT molecular complexity index is 1740. The quantitative estimate of drug-likeness (QED) is 0.0890. The summed E-state index contributed by atoms with van der Waals surface area (Å²) < 4.78 is 16.4. The van der Waals surface area contributed by atoms with E-state index in [1.54, 1.807) is 0 Å². The van der Waals surface area contributed by atoms with E-state index in [0.29, 0.717) is 0 Å². The van der Waals surface area contributed by atoms with E-state index in [0.717, 1.165) is 30.3 Å². The Hall–Kier alpha value is -4.96. The molecule has 1 saturated heterocycles. The number of esters is 1. The molecule has 1 aliphatic heterocycles. The minimum atomic E-state index is -2.02. The van der Waals surface area contributed by atoms with E-state index in [-0.39, 0.29) is 16.6 Å². The Morgan fingerprint density at radius 1 is 0.780 bits per heavy atom. The number of fused-ring (bicyclic) bond motifs is 2. The number of rotatable bonds is 4. The number of carbonyl (C=O) groups is 1. The number of aliphatic hydroxyl groups excluding tert-OH is 3. The second-order valence-electron chi connectivity index (χ2n) is 9.29. The Labute approximate surface area is 227 Å². The molecule has 5 rings (SSSR count). The smallest absolute Gasteiger partial charge is 0.338 e. The zero-order chi connectivity index (χ0) is 29.9. The maximum Gasteiger partial charge on any atom is 0.338 e. The second kappa shape index (κ2) is 9.90. The molecular formula is C26H22O15. The second-order valence-corrected chi connectivity index (χ2v) is 9.29. The van der Waals surface area contributed by atoms with Crippen molar-refractivity contribution in [1.82, 2.24) is 0 Å². The van der Waals surface area contributed by atoms with E-state index in [9.17, 15) is 60.7 Å². The van der Waals surface area contributed by atoms with Crippen LogP contribution in [0, 0.1) is 0 Å². The zero-order valence-corrected chi connectivity index (χ0v) is 20.5. The van der Waals surface area contributed by atoms with Crippen LogP contribution < -0.4 is 5.43 Å². The summed E-state index contributed by atoms with van der Waals surface area (Å²) in [6.07, 6.45) is -9.20. The fourth-order valence-corrected chi connectivity index (χ4v) is 4.67. The lowest BCUT2D eigenvalue weighted by Crippen LogP contribution is -2.56. The third kappa shape index (κ3) is 4.42. The van der Waals surface area contributed by atoms with E-state index >= 15 is 0 Å². The first-order chi connectivity index (χ1) is 19.3. The Kier molecular flexibility index (Phi) is 6.66. The minimum Gasteiger partial charge on any atom is -0.507 e. The lowest BCUT2D eigenvalue weighted by molar-refractivity contribution is -0.232. The molecule has 0 aliphatic carbocycles. The molecule has 1 aliphatic rings. The van der Waals surface area contributed by atoms with Crippen molar-refractivity contribution in [2.45, 2.75) is 30.5 Å². The summed E-state index contributed by atoms with van der Waals surface area (Å²) in [7, 11) is 0. The van der Waals surface area contributed by atoms with Crippen molar-refractivity contribution in [3.63, 3.8) is 0 Å². The van der Waals surface area contributed by atoms with Gasteiger partial charge in [0.25, 0.3) is 0 Å². The number of ether oxygens (including phenoxy) is 2. The van der Waals surface area contributed by atoms with Crippen LogP contribution in [0.1, 0.15) is 22.0 Å². The highest BCUT2D eigenvalue weighted by molar-refractivity contribution is 5.96. The maximum atomic E-state index is 13.3. The van der Waals surface area contributed by atoms with Gasteiger partial charge in [0, 0.05) is 12.1 Å². The van der Waals surface area contributed by atoms with Crippen molar-refractivity contribution in [3.8, 4) is 40.2 Å². The molecule has 216 valence electrons. The van der Waals surface area contributed by atoms with Crippen LogP contribution in [0.4, 0.5) is 0 Å². The third-order valence-corrected chi connectivity index (χ3v) is 6.75. The van der Waals surface area contributed by atoms with E-state index in [1.807, 2.05) is 0 Å². The molecular weight excluding hydrogens is 552 g/mol. The summed E-state index contributed by atoms with van der Waals surface area (Å²) in [4.78, 5) is 26.2. The fraction of sp³-hybridized carbons (Fsp3) is 0.231. The summed E-state index contributed by atoms with van der Waals surface area (Å²) in [5.41, 5.74) is -2.64. The summed E-state index contributed by atoms with van der Waals surface area (Å²) in [5, 5.41) is 101. The molecule has 10 N–H and O–H groups in total. The van der Waals surface area contributed by atoms with Gasteiger partial charge in [0.1, 0.15) is 52.5 Å². The van der Waals surface area contributed by atoms with Crippen molar-refractivity contribution >= 4 is 27.9 Å². The van der Waals surface area contributed by atoms with Gasteiger partial charge in [0.05, 0.1) is 23.1 Å². The molecule has 3 aromatic carbocycles. The monoisotopic (exact) mass is 574 g/mol. The number of aliphatic hydroxyl groups is 3. The molecule has 1 fully saturated rings. The van der Waals surface area contributed by atoms with Gasteiger partial charge in [-0.25, -0.2) is 4.79 Å². The largest absolute Gasteiger partial charge is 0.507 e. The highest BCUT2D eigenvalue weighted by Gasteiger charge is 2.49. The van der Waals surface area contributed by atoms with Gasteiger partial charge in [-0.05, 0) is 18.2 Å². The Balaban J connectivity index is 1.66. The van der Waals surface area contributed by atoms with Gasteiger partial charge in [-0.1, -0.05) is 0 Å². The van der Waals surface area contributed by atoms with Crippen LogP contribution in [0.15, 0.2) is 39.5 Å². The van der Waals surface area contributed by atoms with E-state index in [4.69, 9.17) is 13.9 Å². The normalized spacial score (nSPS) is 22.7. The average molecular weight is 574 g/mol. The molecule has 0 unspecified atom stereocenters. The zero-order valence-electron chi connectivity index (χ0n) is 20.5. The first-order valence-corrected chi connectivity index (χ1v) is 11.8. The fourth-order valence-electron chi connectivity index (χ4n) is 4.67. The molecule has 0 bridgehead atoms. The van der Waals surface area contributed by atoms with Gasteiger partial charge in [0.15, 0.2) is 34.9 Å². The van der Waals surface area contributed by atoms with E-state index < -0.39 is 105 Å². The van der Waals surface area contributed by atoms with Crippen molar-refractivity contribution in [3.05, 3.63) is 51.7 Å². The first-order valence-electron chi connectivity index (χ1n) is 11.8. The van der Waals surface area contributed by atoms with E-state index in [1.165, 1.54) is 0 Å². The standard InChI is InChI=1S/C26H22O15/c27-6-16-21(35)23(37)25(41-26(38)7-1-12(31)20(34)13(32)2-7)24(40-16)17-11(30)5-15-18(22(17)36)19(33)8-3-9(28)10(29)4-14(8)39-15/h1-5,16,21,23-25,27-32,34-37H,6H2/t16-,21-,23+,24+,25-/m1/s1. The predicted octanol–water partition coefficient (Wildman–Crippen LogP) is 0.265. The molecule has 0 saturated carbocycles. The molecule has 2 heterocycles. The number of hydrogen-bond donors (Lipinski definition) is 10. The van der Waals surface area contributed by atoms with Gasteiger partial charge in [-0.2, -0.15) is 0 Å². The number of hydrogen-bond acceptors (Lipinski definition) is 15. The summed E-state index contributed by atoms with van der Waals surface area (Å²) in [6, 6.07) is 4.16. The van der Waals surface area contributed by atoms with Crippen molar-refractivity contribution in [1.29, 1.82) is 0 Å². The van der Waals surface area contributed by atoms with Crippen LogP contribution in [0.2, 0.25) is 0 Å². The average Bonchev–Trinajstić information content (AvgIpc) is 2.91. The lowest BCUT2D eigenvalue weighted by Gasteiger charge is -2.42. The van der Waals surface area contributed by atoms with Crippen LogP contribution in [0.5, 0.6) is 40.2 Å². The topological polar surface area (TPSA) is 268 Å². The molecule has 0 amide bonds. The summed E-state index contributed by atoms with van der Waals surface area (Å²) in [6.45, 7) is -0.875. The molecule has 41 heavy (non-hydrogen) atoms. The van der Waals surface area contributed by atoms with Crippen LogP contribution in [-0.2, 0) is 9.47 Å². The SMILES string of the molecule is O=C(O[C@@H]1[C@@H](O)[C@H](O)[C@@H](CO)O[C@H]1c1c(O)cc2oc3cc(O)c(O)cc3c(=O)c2c1O)c1cc(O)c(O)c(O)c1. The first kappa shape index (κ1) is 27.6. The van der Waals surface area contributed by atoms with Crippen LogP contribution in [0.3, 0.4) is 0 Å². The number of carbonyl (C=O) groups excluding carboxylic acids is 1. The summed E-state index contributed by atoms with van der Waals surface area (Å²) in [5.74, 6) is -7.08. The van der Waals surface area contributed by atoms with Gasteiger partial charge < -0.3 is 65.0 Å². The third-order valence-electron chi connectivity index (χ3n) is 6.75. The number of aromatic hydroxyl groups is 7. The molecule has 0 radical (unpaired) electrons. The number of phenolic OH excluding ortho intramolecular Hbond substituents is 7.